The van der Waals surface area contributed by atoms with Crippen LogP contribution in [0.15, 0.2) is 0 Å². The van der Waals surface area contributed by atoms with Crippen molar-refractivity contribution in [1.29, 1.82) is 0 Å². The predicted molar refractivity (Wildman–Crippen MR) is 33.8 cm³/mol. The van der Waals surface area contributed by atoms with Crippen LogP contribution in [0.2, 0.25) is 0 Å². The largest absolute Gasteiger partial charge is 0.390 e. The first-order chi connectivity index (χ1) is 4.56. The molecule has 0 fully saturated rings. The van der Waals surface area contributed by atoms with Gasteiger partial charge < -0.3 is 5.32 Å². The molecule has 0 aliphatic rings. The van der Waals surface area contributed by atoms with Crippen molar-refractivity contribution in [2.45, 2.75) is 25.9 Å². The van der Waals surface area contributed by atoms with E-state index < -0.39 is 12.6 Å². The van der Waals surface area contributed by atoms with Crippen molar-refractivity contribution in [1.82, 2.24) is 5.32 Å². The summed E-state index contributed by atoms with van der Waals surface area (Å²) >= 11 is 0. The highest BCUT2D eigenvalue weighted by molar-refractivity contribution is 4.53. The lowest BCUT2D eigenvalue weighted by Gasteiger charge is -2.05. The molecule has 0 atom stereocenters. The number of alkyl halides is 3. The van der Waals surface area contributed by atoms with E-state index in [1.165, 1.54) is 0 Å². The Hall–Kier alpha value is -0.250. The summed E-state index contributed by atoms with van der Waals surface area (Å²) in [6.07, 6.45) is -3.87. The minimum atomic E-state index is -4.01. The van der Waals surface area contributed by atoms with Crippen molar-refractivity contribution < 1.29 is 13.2 Å². The van der Waals surface area contributed by atoms with Crippen molar-refractivity contribution in [3.05, 3.63) is 0 Å². The maximum atomic E-state index is 11.4. The van der Waals surface area contributed by atoms with Crippen LogP contribution < -0.4 is 5.32 Å². The van der Waals surface area contributed by atoms with Gasteiger partial charge in [0.25, 0.3) is 0 Å². The van der Waals surface area contributed by atoms with Gasteiger partial charge in [0.15, 0.2) is 0 Å². The molecule has 0 heterocycles. The van der Waals surface area contributed by atoms with Gasteiger partial charge in [-0.1, -0.05) is 6.92 Å². The van der Waals surface area contributed by atoms with Crippen molar-refractivity contribution >= 4 is 0 Å². The van der Waals surface area contributed by atoms with Crippen LogP contribution in [0.1, 0.15) is 19.8 Å². The SMILES string of the molecule is CCCNCCC(F)(F)F. The number of nitrogens with one attached hydrogen (secondary N) is 1. The maximum absolute atomic E-state index is 11.4. The molecule has 0 aromatic heterocycles. The van der Waals surface area contributed by atoms with Gasteiger partial charge in [-0.15, -0.1) is 0 Å². The number of hydrogen-bond donors (Lipinski definition) is 1. The van der Waals surface area contributed by atoms with Gasteiger partial charge in [0.05, 0.1) is 6.42 Å². The van der Waals surface area contributed by atoms with E-state index in [2.05, 4.69) is 5.32 Å². The summed E-state index contributed by atoms with van der Waals surface area (Å²) in [6.45, 7) is 2.62. The summed E-state index contributed by atoms with van der Waals surface area (Å²) in [6, 6.07) is 0. The smallest absolute Gasteiger partial charge is 0.316 e. The molecule has 0 unspecified atom stereocenters. The zero-order valence-corrected chi connectivity index (χ0v) is 5.96. The lowest BCUT2D eigenvalue weighted by Crippen LogP contribution is -2.22. The van der Waals surface area contributed by atoms with Crippen LogP contribution in [0.4, 0.5) is 13.2 Å². The Labute approximate surface area is 58.6 Å². The summed E-state index contributed by atoms with van der Waals surface area (Å²) < 4.78 is 34.3. The topological polar surface area (TPSA) is 12.0 Å². The standard InChI is InChI=1S/C6H12F3N/c1-2-4-10-5-3-6(7,8)9/h10H,2-5H2,1H3. The normalized spacial score (nSPS) is 12.0. The van der Waals surface area contributed by atoms with E-state index in [1.807, 2.05) is 6.92 Å². The zero-order valence-electron chi connectivity index (χ0n) is 5.96. The van der Waals surface area contributed by atoms with E-state index in [9.17, 15) is 13.2 Å². The van der Waals surface area contributed by atoms with Crippen LogP contribution in [0.25, 0.3) is 0 Å². The van der Waals surface area contributed by atoms with E-state index in [0.29, 0.717) is 6.54 Å². The molecule has 1 N–H and O–H groups in total. The van der Waals surface area contributed by atoms with Gasteiger partial charge in [0.2, 0.25) is 0 Å². The molecule has 0 spiro atoms. The van der Waals surface area contributed by atoms with Crippen molar-refractivity contribution in [3.63, 3.8) is 0 Å². The molecule has 0 aromatic carbocycles. The molecule has 0 rings (SSSR count). The lowest BCUT2D eigenvalue weighted by molar-refractivity contribution is -0.133. The third-order valence-corrected chi connectivity index (χ3v) is 1.01. The fourth-order valence-corrected chi connectivity index (χ4v) is 0.532. The Bertz CT molecular complexity index is 79.6. The number of halogens is 3. The molecule has 0 aliphatic heterocycles. The lowest BCUT2D eigenvalue weighted by atomic mass is 10.4. The molecule has 0 saturated carbocycles. The second-order valence-electron chi connectivity index (χ2n) is 2.12. The van der Waals surface area contributed by atoms with E-state index in [0.717, 1.165) is 6.42 Å². The van der Waals surface area contributed by atoms with E-state index in [4.69, 9.17) is 0 Å². The summed E-state index contributed by atoms with van der Waals surface area (Å²) in [5, 5.41) is 2.67. The first kappa shape index (κ1) is 9.75. The van der Waals surface area contributed by atoms with Crippen molar-refractivity contribution in [2.24, 2.45) is 0 Å². The summed E-state index contributed by atoms with van der Waals surface area (Å²) in [4.78, 5) is 0. The Kier molecular flexibility index (Phi) is 4.43. The van der Waals surface area contributed by atoms with Crippen LogP contribution in [0, 0.1) is 0 Å². The molecular weight excluding hydrogens is 143 g/mol. The third-order valence-electron chi connectivity index (χ3n) is 1.01. The van der Waals surface area contributed by atoms with E-state index in [-0.39, 0.29) is 6.54 Å². The Morgan fingerprint density at radius 3 is 2.20 bits per heavy atom. The zero-order chi connectivity index (χ0) is 8.04. The fourth-order valence-electron chi connectivity index (χ4n) is 0.532. The minimum absolute atomic E-state index is 0.0390. The molecule has 0 saturated heterocycles. The number of hydrogen-bond acceptors (Lipinski definition) is 1. The quantitative estimate of drug-likeness (QED) is 0.612. The number of rotatable bonds is 4. The highest BCUT2D eigenvalue weighted by Crippen LogP contribution is 2.17. The highest BCUT2D eigenvalue weighted by Gasteiger charge is 2.25. The molecular formula is C6H12F3N. The first-order valence-corrected chi connectivity index (χ1v) is 3.33. The second-order valence-corrected chi connectivity index (χ2v) is 2.12. The van der Waals surface area contributed by atoms with Crippen molar-refractivity contribution in [2.75, 3.05) is 13.1 Å². The van der Waals surface area contributed by atoms with Crippen LogP contribution in [0.3, 0.4) is 0 Å². The molecule has 0 aromatic rings. The van der Waals surface area contributed by atoms with Gasteiger partial charge in [-0.3, -0.25) is 0 Å². The van der Waals surface area contributed by atoms with Crippen LogP contribution in [0.5, 0.6) is 0 Å². The van der Waals surface area contributed by atoms with Crippen LogP contribution in [-0.2, 0) is 0 Å². The molecule has 1 nitrogen and oxygen atoms in total. The summed E-state index contributed by atoms with van der Waals surface area (Å²) in [5.41, 5.74) is 0. The molecule has 0 amide bonds. The van der Waals surface area contributed by atoms with Crippen molar-refractivity contribution in [3.8, 4) is 0 Å². The second kappa shape index (κ2) is 4.55. The monoisotopic (exact) mass is 155 g/mol. The molecule has 4 heteroatoms. The first-order valence-electron chi connectivity index (χ1n) is 3.33. The van der Waals surface area contributed by atoms with Gasteiger partial charge in [0, 0.05) is 6.54 Å². The molecule has 0 radical (unpaired) electrons. The predicted octanol–water partition coefficient (Wildman–Crippen LogP) is 1.94. The van der Waals surface area contributed by atoms with E-state index >= 15 is 0 Å². The van der Waals surface area contributed by atoms with Crippen LogP contribution >= 0.6 is 0 Å². The average Bonchev–Trinajstić information content (AvgIpc) is 1.78. The minimum Gasteiger partial charge on any atom is -0.316 e. The fraction of sp³-hybridized carbons (Fsp3) is 1.00. The van der Waals surface area contributed by atoms with Gasteiger partial charge in [-0.05, 0) is 13.0 Å². The van der Waals surface area contributed by atoms with Gasteiger partial charge >= 0.3 is 6.18 Å². The molecule has 0 bridgehead atoms. The maximum Gasteiger partial charge on any atom is 0.390 e. The summed E-state index contributed by atoms with van der Waals surface area (Å²) in [5.74, 6) is 0. The Balaban J connectivity index is 3.04. The highest BCUT2D eigenvalue weighted by atomic mass is 19.4. The molecule has 62 valence electrons. The van der Waals surface area contributed by atoms with Crippen LogP contribution in [-0.4, -0.2) is 19.3 Å². The molecule has 0 aliphatic carbocycles. The summed E-state index contributed by atoms with van der Waals surface area (Å²) in [7, 11) is 0. The Morgan fingerprint density at radius 1 is 1.20 bits per heavy atom. The molecule has 10 heavy (non-hydrogen) atoms. The Morgan fingerprint density at radius 2 is 1.80 bits per heavy atom. The third kappa shape index (κ3) is 7.75. The van der Waals surface area contributed by atoms with Gasteiger partial charge in [0.1, 0.15) is 0 Å². The average molecular weight is 155 g/mol. The van der Waals surface area contributed by atoms with Gasteiger partial charge in [-0.25, -0.2) is 0 Å². The van der Waals surface area contributed by atoms with Gasteiger partial charge in [-0.2, -0.15) is 13.2 Å². The van der Waals surface area contributed by atoms with E-state index in [1.54, 1.807) is 0 Å².